The van der Waals surface area contributed by atoms with Crippen molar-refractivity contribution in [3.63, 3.8) is 0 Å². The molecule has 0 radical (unpaired) electrons. The van der Waals surface area contributed by atoms with Crippen molar-refractivity contribution in [2.75, 3.05) is 33.4 Å². The van der Waals surface area contributed by atoms with Gasteiger partial charge in [0.15, 0.2) is 5.89 Å². The molecule has 1 N–H and O–H groups in total. The number of β-amino-alcohol motifs (C(OH)–C–C–N with tert-alkyl or cyclic N) is 1. The van der Waals surface area contributed by atoms with Crippen molar-refractivity contribution in [1.29, 1.82) is 0 Å². The van der Waals surface area contributed by atoms with Gasteiger partial charge < -0.3 is 19.2 Å². The van der Waals surface area contributed by atoms with Gasteiger partial charge in [0.05, 0.1) is 18.9 Å². The lowest BCUT2D eigenvalue weighted by Gasteiger charge is -2.31. The van der Waals surface area contributed by atoms with Crippen LogP contribution in [0, 0.1) is 0 Å². The Kier molecular flexibility index (Phi) is 4.53. The molecule has 5 nitrogen and oxygen atoms in total. The van der Waals surface area contributed by atoms with Crippen LogP contribution in [-0.2, 0) is 4.74 Å². The summed E-state index contributed by atoms with van der Waals surface area (Å²) in [5.74, 6) is 1.28. The van der Waals surface area contributed by atoms with Gasteiger partial charge in [-0.15, -0.1) is 0 Å². The van der Waals surface area contributed by atoms with Crippen molar-refractivity contribution in [3.05, 3.63) is 18.4 Å². The summed E-state index contributed by atoms with van der Waals surface area (Å²) >= 11 is 0. The number of likely N-dealkylation sites (tertiary alicyclic amines) is 1. The van der Waals surface area contributed by atoms with Crippen LogP contribution in [0.4, 0.5) is 0 Å². The maximum Gasteiger partial charge on any atom is 0.197 e. The fraction of sp³-hybridized carbons (Fsp3) is 0.750. The molecule has 17 heavy (non-hydrogen) atoms. The molecule has 1 aliphatic rings. The van der Waals surface area contributed by atoms with Crippen LogP contribution in [0.3, 0.4) is 0 Å². The SMILES string of the molecule is COC[C@H](O)CN1CCC(c2ncco2)CC1. The van der Waals surface area contributed by atoms with E-state index in [2.05, 4.69) is 9.88 Å². The second kappa shape index (κ2) is 6.14. The van der Waals surface area contributed by atoms with E-state index >= 15 is 0 Å². The summed E-state index contributed by atoms with van der Waals surface area (Å²) in [6.45, 7) is 3.05. The maximum atomic E-state index is 9.65. The topological polar surface area (TPSA) is 58.7 Å². The Morgan fingerprint density at radius 1 is 1.59 bits per heavy atom. The Balaban J connectivity index is 1.74. The predicted molar refractivity (Wildman–Crippen MR) is 62.8 cm³/mol. The zero-order valence-electron chi connectivity index (χ0n) is 10.2. The van der Waals surface area contributed by atoms with Crippen LogP contribution in [0.2, 0.25) is 0 Å². The van der Waals surface area contributed by atoms with E-state index in [1.54, 1.807) is 19.6 Å². The van der Waals surface area contributed by atoms with Crippen molar-refractivity contribution in [3.8, 4) is 0 Å². The molecule has 1 saturated heterocycles. The zero-order chi connectivity index (χ0) is 12.1. The first-order chi connectivity index (χ1) is 8.29. The number of hydrogen-bond acceptors (Lipinski definition) is 5. The van der Waals surface area contributed by atoms with Gasteiger partial charge in [-0.1, -0.05) is 0 Å². The Morgan fingerprint density at radius 3 is 2.94 bits per heavy atom. The van der Waals surface area contributed by atoms with E-state index in [9.17, 15) is 5.11 Å². The minimum absolute atomic E-state index is 0.390. The van der Waals surface area contributed by atoms with Crippen molar-refractivity contribution in [2.45, 2.75) is 24.9 Å². The number of piperidine rings is 1. The van der Waals surface area contributed by atoms with Gasteiger partial charge in [0.2, 0.25) is 0 Å². The van der Waals surface area contributed by atoms with Gasteiger partial charge in [0.25, 0.3) is 0 Å². The van der Waals surface area contributed by atoms with Gasteiger partial charge in [-0.05, 0) is 25.9 Å². The second-order valence-electron chi connectivity index (χ2n) is 4.55. The summed E-state index contributed by atoms with van der Waals surface area (Å²) in [7, 11) is 1.61. The largest absolute Gasteiger partial charge is 0.449 e. The fourth-order valence-corrected chi connectivity index (χ4v) is 2.34. The molecule has 0 aromatic carbocycles. The molecule has 1 fully saturated rings. The summed E-state index contributed by atoms with van der Waals surface area (Å²) in [4.78, 5) is 6.47. The third-order valence-electron chi connectivity index (χ3n) is 3.22. The Hall–Kier alpha value is -0.910. The molecule has 1 aliphatic heterocycles. The van der Waals surface area contributed by atoms with E-state index in [1.807, 2.05) is 0 Å². The molecule has 1 aromatic heterocycles. The molecule has 0 aliphatic carbocycles. The van der Waals surface area contributed by atoms with E-state index in [4.69, 9.17) is 9.15 Å². The van der Waals surface area contributed by atoms with Gasteiger partial charge in [-0.2, -0.15) is 0 Å². The number of oxazole rings is 1. The number of aromatic nitrogens is 1. The van der Waals surface area contributed by atoms with Crippen molar-refractivity contribution >= 4 is 0 Å². The van der Waals surface area contributed by atoms with Crippen LogP contribution in [0.1, 0.15) is 24.7 Å². The normalized spacial score (nSPS) is 20.6. The fourth-order valence-electron chi connectivity index (χ4n) is 2.34. The van der Waals surface area contributed by atoms with Crippen LogP contribution >= 0.6 is 0 Å². The summed E-state index contributed by atoms with van der Waals surface area (Å²) in [5.41, 5.74) is 0. The summed E-state index contributed by atoms with van der Waals surface area (Å²) in [6, 6.07) is 0. The van der Waals surface area contributed by atoms with Crippen molar-refractivity contribution in [2.24, 2.45) is 0 Å². The average Bonchev–Trinajstić information content (AvgIpc) is 2.84. The average molecular weight is 240 g/mol. The number of methoxy groups -OCH3 is 1. The van der Waals surface area contributed by atoms with Gasteiger partial charge in [0, 0.05) is 19.6 Å². The van der Waals surface area contributed by atoms with Crippen LogP contribution in [0.15, 0.2) is 16.9 Å². The first-order valence-corrected chi connectivity index (χ1v) is 6.08. The molecule has 0 bridgehead atoms. The third kappa shape index (κ3) is 3.52. The highest BCUT2D eigenvalue weighted by Crippen LogP contribution is 2.26. The maximum absolute atomic E-state index is 9.65. The molecule has 0 unspecified atom stereocenters. The first kappa shape index (κ1) is 12.5. The van der Waals surface area contributed by atoms with E-state index in [-0.39, 0.29) is 0 Å². The number of nitrogens with zero attached hydrogens (tertiary/aromatic N) is 2. The molecule has 1 aromatic rings. The molecule has 1 atom stereocenters. The lowest BCUT2D eigenvalue weighted by atomic mass is 9.96. The van der Waals surface area contributed by atoms with Gasteiger partial charge in [-0.3, -0.25) is 0 Å². The van der Waals surface area contributed by atoms with Crippen LogP contribution in [0.25, 0.3) is 0 Å². The monoisotopic (exact) mass is 240 g/mol. The summed E-state index contributed by atoms with van der Waals surface area (Å²) in [6.07, 6.45) is 5.02. The second-order valence-corrected chi connectivity index (χ2v) is 4.55. The molecule has 96 valence electrons. The van der Waals surface area contributed by atoms with Crippen LogP contribution < -0.4 is 0 Å². The quantitative estimate of drug-likeness (QED) is 0.827. The van der Waals surface area contributed by atoms with E-state index in [0.29, 0.717) is 19.1 Å². The van der Waals surface area contributed by atoms with Crippen molar-refractivity contribution < 1.29 is 14.3 Å². The lowest BCUT2D eigenvalue weighted by molar-refractivity contribution is 0.0313. The van der Waals surface area contributed by atoms with Crippen LogP contribution in [-0.4, -0.2) is 54.4 Å². The number of rotatable bonds is 5. The molecule has 2 heterocycles. The molecule has 5 heteroatoms. The van der Waals surface area contributed by atoms with E-state index in [0.717, 1.165) is 31.8 Å². The van der Waals surface area contributed by atoms with Gasteiger partial charge >= 0.3 is 0 Å². The Bertz CT molecular complexity index is 308. The van der Waals surface area contributed by atoms with E-state index < -0.39 is 6.10 Å². The highest BCUT2D eigenvalue weighted by molar-refractivity contribution is 4.94. The summed E-state index contributed by atoms with van der Waals surface area (Å²) in [5, 5.41) is 9.65. The molecule has 2 rings (SSSR count). The Morgan fingerprint density at radius 2 is 2.35 bits per heavy atom. The minimum Gasteiger partial charge on any atom is -0.449 e. The smallest absolute Gasteiger partial charge is 0.197 e. The van der Waals surface area contributed by atoms with Gasteiger partial charge in [-0.25, -0.2) is 4.98 Å². The molecular weight excluding hydrogens is 220 g/mol. The van der Waals surface area contributed by atoms with Crippen molar-refractivity contribution in [1.82, 2.24) is 9.88 Å². The standard InChI is InChI=1S/C12H20N2O3/c1-16-9-11(15)8-14-5-2-10(3-6-14)12-13-4-7-17-12/h4,7,10-11,15H,2-3,5-6,8-9H2,1H3/t11-/m1/s1. The Labute approximate surface area is 101 Å². The molecule has 0 spiro atoms. The highest BCUT2D eigenvalue weighted by Gasteiger charge is 2.24. The molecule has 0 amide bonds. The van der Waals surface area contributed by atoms with E-state index in [1.165, 1.54) is 0 Å². The number of aliphatic hydroxyl groups is 1. The number of hydrogen-bond donors (Lipinski definition) is 1. The minimum atomic E-state index is -0.390. The number of aliphatic hydroxyl groups excluding tert-OH is 1. The number of ether oxygens (including phenoxy) is 1. The zero-order valence-corrected chi connectivity index (χ0v) is 10.2. The lowest BCUT2D eigenvalue weighted by Crippen LogP contribution is -2.39. The first-order valence-electron chi connectivity index (χ1n) is 6.08. The third-order valence-corrected chi connectivity index (χ3v) is 3.22. The summed E-state index contributed by atoms with van der Waals surface area (Å²) < 4.78 is 10.3. The van der Waals surface area contributed by atoms with Crippen LogP contribution in [0.5, 0.6) is 0 Å². The molecular formula is C12H20N2O3. The van der Waals surface area contributed by atoms with Gasteiger partial charge in [0.1, 0.15) is 6.26 Å². The molecule has 0 saturated carbocycles. The predicted octanol–water partition coefficient (Wildman–Crippen LogP) is 0.861. The highest BCUT2D eigenvalue weighted by atomic mass is 16.5.